The van der Waals surface area contributed by atoms with Crippen molar-refractivity contribution >= 4 is 33.4 Å². The maximum atomic E-state index is 12.6. The van der Waals surface area contributed by atoms with Gasteiger partial charge in [0.1, 0.15) is 12.3 Å². The minimum atomic E-state index is -0.356. The van der Waals surface area contributed by atoms with Gasteiger partial charge in [-0.1, -0.05) is 35.6 Å². The van der Waals surface area contributed by atoms with Crippen molar-refractivity contribution in [2.75, 3.05) is 13.7 Å². The fraction of sp³-hybridized carbons (Fsp3) is 0.286. The van der Waals surface area contributed by atoms with Gasteiger partial charge in [0.15, 0.2) is 4.80 Å². The van der Waals surface area contributed by atoms with Gasteiger partial charge in [-0.05, 0) is 43.2 Å². The van der Waals surface area contributed by atoms with Gasteiger partial charge in [0.25, 0.3) is 5.91 Å². The van der Waals surface area contributed by atoms with Crippen LogP contribution in [-0.2, 0) is 27.3 Å². The molecule has 1 heterocycles. The fourth-order valence-electron chi connectivity index (χ4n) is 2.97. The third-order valence-corrected chi connectivity index (χ3v) is 5.28. The highest BCUT2D eigenvalue weighted by atomic mass is 32.1. The van der Waals surface area contributed by atoms with Gasteiger partial charge in [0.2, 0.25) is 0 Å². The van der Waals surface area contributed by atoms with Crippen LogP contribution >= 0.6 is 11.3 Å². The largest absolute Gasteiger partial charge is 0.496 e. The summed E-state index contributed by atoms with van der Waals surface area (Å²) < 4.78 is 13.0. The molecular weight excluding hydrogens is 376 g/mol. The first-order valence-electron chi connectivity index (χ1n) is 8.97. The molecule has 1 aromatic heterocycles. The number of hydrogen-bond donors (Lipinski definition) is 0. The molecule has 0 saturated heterocycles. The molecule has 0 spiro atoms. The van der Waals surface area contributed by atoms with Gasteiger partial charge in [0, 0.05) is 0 Å². The normalized spacial score (nSPS) is 11.6. The van der Waals surface area contributed by atoms with Crippen LogP contribution in [0.4, 0.5) is 0 Å². The first kappa shape index (κ1) is 19.8. The number of ether oxygens (including phenoxy) is 2. The highest BCUT2D eigenvalue weighted by Gasteiger charge is 2.12. The molecule has 0 fully saturated rings. The number of carbonyl (C=O) groups excluding carboxylic acids is 2. The van der Waals surface area contributed by atoms with E-state index in [1.807, 2.05) is 49.4 Å². The summed E-state index contributed by atoms with van der Waals surface area (Å²) in [5.74, 6) is 0.157. The molecule has 0 aliphatic rings. The third kappa shape index (κ3) is 4.48. The number of amides is 1. The number of methoxy groups -OCH3 is 1. The Morgan fingerprint density at radius 2 is 1.96 bits per heavy atom. The Morgan fingerprint density at radius 3 is 2.68 bits per heavy atom. The predicted molar refractivity (Wildman–Crippen MR) is 108 cm³/mol. The van der Waals surface area contributed by atoms with Crippen LogP contribution in [0.3, 0.4) is 0 Å². The molecule has 0 aliphatic carbocycles. The quantitative estimate of drug-likeness (QED) is 0.598. The van der Waals surface area contributed by atoms with Crippen molar-refractivity contribution in [2.24, 2.45) is 4.99 Å². The molecular formula is C21H22N2O4S. The van der Waals surface area contributed by atoms with E-state index < -0.39 is 0 Å². The molecule has 0 radical (unpaired) electrons. The van der Waals surface area contributed by atoms with Crippen LogP contribution in [0.25, 0.3) is 10.2 Å². The smallest absolute Gasteiger partial charge is 0.326 e. The number of aromatic nitrogens is 1. The monoisotopic (exact) mass is 398 g/mol. The Balaban J connectivity index is 1.92. The highest BCUT2D eigenvalue weighted by Crippen LogP contribution is 2.19. The molecule has 0 saturated carbocycles. The molecule has 3 aromatic rings. The molecule has 2 aromatic carbocycles. The lowest BCUT2D eigenvalue weighted by Crippen LogP contribution is -2.23. The second-order valence-corrected chi connectivity index (χ2v) is 7.24. The van der Waals surface area contributed by atoms with E-state index in [0.29, 0.717) is 11.4 Å². The summed E-state index contributed by atoms with van der Waals surface area (Å²) in [4.78, 5) is 29.3. The summed E-state index contributed by atoms with van der Waals surface area (Å²) in [5.41, 5.74) is 2.68. The molecule has 0 bridgehead atoms. The van der Waals surface area contributed by atoms with Crippen molar-refractivity contribution in [3.63, 3.8) is 0 Å². The van der Waals surface area contributed by atoms with Gasteiger partial charge < -0.3 is 14.0 Å². The third-order valence-electron chi connectivity index (χ3n) is 4.22. The molecule has 0 atom stereocenters. The number of aryl methyl sites for hydroxylation is 1. The zero-order chi connectivity index (χ0) is 20.1. The number of benzene rings is 2. The predicted octanol–water partition coefficient (Wildman–Crippen LogP) is 3.25. The lowest BCUT2D eigenvalue weighted by Gasteiger charge is -2.06. The molecule has 0 N–H and O–H groups in total. The van der Waals surface area contributed by atoms with Crippen molar-refractivity contribution in [1.29, 1.82) is 0 Å². The van der Waals surface area contributed by atoms with E-state index in [4.69, 9.17) is 9.47 Å². The number of esters is 1. The van der Waals surface area contributed by atoms with Gasteiger partial charge in [-0.2, -0.15) is 4.99 Å². The van der Waals surface area contributed by atoms with E-state index in [9.17, 15) is 9.59 Å². The van der Waals surface area contributed by atoms with Gasteiger partial charge in [-0.3, -0.25) is 9.59 Å². The Morgan fingerprint density at radius 1 is 1.18 bits per heavy atom. The van der Waals surface area contributed by atoms with Crippen LogP contribution in [0.15, 0.2) is 47.5 Å². The second-order valence-electron chi connectivity index (χ2n) is 6.23. The molecule has 0 unspecified atom stereocenters. The summed E-state index contributed by atoms with van der Waals surface area (Å²) in [6, 6.07) is 13.3. The number of nitrogens with zero attached hydrogens (tertiary/aromatic N) is 2. The van der Waals surface area contributed by atoms with Crippen molar-refractivity contribution in [3.8, 4) is 5.75 Å². The van der Waals surface area contributed by atoms with Crippen molar-refractivity contribution in [1.82, 2.24) is 4.57 Å². The molecule has 3 rings (SSSR count). The van der Waals surface area contributed by atoms with E-state index in [2.05, 4.69) is 4.99 Å². The van der Waals surface area contributed by atoms with E-state index in [1.165, 1.54) is 11.3 Å². The van der Waals surface area contributed by atoms with Crippen LogP contribution in [-0.4, -0.2) is 30.2 Å². The average molecular weight is 398 g/mol. The standard InChI is InChI=1S/C21H22N2O4S/c1-4-27-20(25)13-23-16-7-5-6-8-18(16)28-21(23)22-19(24)12-15-9-10-17(26-3)14(2)11-15/h5-11H,4,12-13H2,1-3H3. The van der Waals surface area contributed by atoms with E-state index in [0.717, 1.165) is 27.1 Å². The summed E-state index contributed by atoms with van der Waals surface area (Å²) >= 11 is 1.38. The van der Waals surface area contributed by atoms with Gasteiger partial charge in [-0.15, -0.1) is 0 Å². The molecule has 28 heavy (non-hydrogen) atoms. The number of rotatable bonds is 6. The van der Waals surface area contributed by atoms with E-state index in [1.54, 1.807) is 18.6 Å². The van der Waals surface area contributed by atoms with Crippen LogP contribution in [0, 0.1) is 6.92 Å². The molecule has 146 valence electrons. The molecule has 1 amide bonds. The summed E-state index contributed by atoms with van der Waals surface area (Å²) in [5, 5.41) is 0. The zero-order valence-electron chi connectivity index (χ0n) is 16.1. The van der Waals surface area contributed by atoms with Crippen LogP contribution in [0.2, 0.25) is 0 Å². The molecule has 6 nitrogen and oxygen atoms in total. The number of fused-ring (bicyclic) bond motifs is 1. The van der Waals surface area contributed by atoms with Crippen molar-refractivity contribution in [2.45, 2.75) is 26.8 Å². The topological polar surface area (TPSA) is 69.9 Å². The van der Waals surface area contributed by atoms with Crippen molar-refractivity contribution < 1.29 is 19.1 Å². The van der Waals surface area contributed by atoms with Crippen molar-refractivity contribution in [3.05, 3.63) is 58.4 Å². The number of carbonyl (C=O) groups is 2. The van der Waals surface area contributed by atoms with Gasteiger partial charge in [0.05, 0.1) is 30.4 Å². The van der Waals surface area contributed by atoms with Crippen LogP contribution in [0.1, 0.15) is 18.1 Å². The fourth-order valence-corrected chi connectivity index (χ4v) is 4.01. The summed E-state index contributed by atoms with van der Waals surface area (Å²) in [7, 11) is 1.62. The summed E-state index contributed by atoms with van der Waals surface area (Å²) in [6.07, 6.45) is 0.179. The minimum absolute atomic E-state index is 0.0195. The Bertz CT molecular complexity index is 1080. The second kappa shape index (κ2) is 8.84. The number of hydrogen-bond acceptors (Lipinski definition) is 5. The Labute approximate surface area is 167 Å². The first-order valence-corrected chi connectivity index (χ1v) is 9.78. The van der Waals surface area contributed by atoms with E-state index in [-0.39, 0.29) is 24.8 Å². The number of para-hydroxylation sites is 1. The maximum Gasteiger partial charge on any atom is 0.326 e. The lowest BCUT2D eigenvalue weighted by molar-refractivity contribution is -0.143. The zero-order valence-corrected chi connectivity index (χ0v) is 16.9. The van der Waals surface area contributed by atoms with Gasteiger partial charge in [-0.25, -0.2) is 0 Å². The van der Waals surface area contributed by atoms with Crippen LogP contribution < -0.4 is 9.54 Å². The average Bonchev–Trinajstić information content (AvgIpc) is 2.99. The molecule has 0 aliphatic heterocycles. The maximum absolute atomic E-state index is 12.6. The SMILES string of the molecule is CCOC(=O)Cn1c(=NC(=O)Cc2ccc(OC)c(C)c2)sc2ccccc21. The van der Waals surface area contributed by atoms with Gasteiger partial charge >= 0.3 is 5.97 Å². The highest BCUT2D eigenvalue weighted by molar-refractivity contribution is 7.16. The lowest BCUT2D eigenvalue weighted by atomic mass is 10.1. The Hall–Kier alpha value is -2.93. The van der Waals surface area contributed by atoms with E-state index >= 15 is 0 Å². The van der Waals surface area contributed by atoms with Crippen LogP contribution in [0.5, 0.6) is 5.75 Å². The summed E-state index contributed by atoms with van der Waals surface area (Å²) in [6.45, 7) is 4.03. The number of thiazole rings is 1. The first-order chi connectivity index (χ1) is 13.5. The molecule has 7 heteroatoms. The Kier molecular flexibility index (Phi) is 6.26. The minimum Gasteiger partial charge on any atom is -0.496 e.